The van der Waals surface area contributed by atoms with Gasteiger partial charge in [-0.3, -0.25) is 9.78 Å². The maximum absolute atomic E-state index is 13.0. The number of benzene rings is 1. The van der Waals surface area contributed by atoms with Crippen LogP contribution in [-0.4, -0.2) is 22.6 Å². The highest BCUT2D eigenvalue weighted by molar-refractivity contribution is 5.86. The van der Waals surface area contributed by atoms with Gasteiger partial charge in [0.2, 0.25) is 0 Å². The smallest absolute Gasteiger partial charge is 0.307 e. The Balaban J connectivity index is 1.93. The van der Waals surface area contributed by atoms with E-state index in [1.165, 1.54) is 19.2 Å². The lowest BCUT2D eigenvalue weighted by atomic mass is 10.2. The van der Waals surface area contributed by atoms with Crippen molar-refractivity contribution >= 4 is 17.0 Å². The highest BCUT2D eigenvalue weighted by Crippen LogP contribution is 2.31. The third-order valence-corrected chi connectivity index (χ3v) is 4.53. The molecule has 0 saturated heterocycles. The molecule has 0 unspecified atom stereocenters. The minimum absolute atomic E-state index is 0.262. The summed E-state index contributed by atoms with van der Waals surface area (Å²) >= 11 is 0. The van der Waals surface area contributed by atoms with Gasteiger partial charge in [0.15, 0.2) is 0 Å². The summed E-state index contributed by atoms with van der Waals surface area (Å²) in [5.74, 6) is 0.143. The van der Waals surface area contributed by atoms with E-state index in [0.717, 1.165) is 27.9 Å². The number of aryl methyl sites for hydroxylation is 2. The van der Waals surface area contributed by atoms with Crippen LogP contribution in [0.15, 0.2) is 36.5 Å². The number of esters is 1. The molecule has 0 bridgehead atoms. The number of fused-ring (bicyclic) bond motifs is 1. The first-order valence-corrected chi connectivity index (χ1v) is 8.39. The van der Waals surface area contributed by atoms with Gasteiger partial charge < -0.3 is 14.0 Å². The van der Waals surface area contributed by atoms with E-state index in [0.29, 0.717) is 18.9 Å². The minimum atomic E-state index is -0.275. The van der Waals surface area contributed by atoms with E-state index in [1.54, 1.807) is 24.4 Å². The molecule has 3 rings (SSSR count). The maximum atomic E-state index is 13.0. The molecule has 0 N–H and O–H groups in total. The van der Waals surface area contributed by atoms with Gasteiger partial charge in [-0.1, -0.05) is 12.1 Å². The summed E-state index contributed by atoms with van der Waals surface area (Å²) in [7, 11) is 1.38. The summed E-state index contributed by atoms with van der Waals surface area (Å²) in [5.41, 5.74) is 4.67. The molecule has 2 heterocycles. The number of carbonyl (C=O) groups excluding carboxylic acids is 1. The van der Waals surface area contributed by atoms with Crippen LogP contribution in [0, 0.1) is 19.7 Å². The van der Waals surface area contributed by atoms with E-state index in [1.807, 2.05) is 18.4 Å². The Hall–Kier alpha value is -2.89. The molecule has 0 amide bonds. The van der Waals surface area contributed by atoms with Crippen LogP contribution < -0.4 is 4.74 Å². The largest absolute Gasteiger partial charge is 0.487 e. The highest BCUT2D eigenvalue weighted by atomic mass is 19.1. The minimum Gasteiger partial charge on any atom is -0.487 e. The van der Waals surface area contributed by atoms with E-state index in [-0.39, 0.29) is 18.2 Å². The monoisotopic (exact) mass is 356 g/mol. The van der Waals surface area contributed by atoms with Crippen LogP contribution in [0.1, 0.15) is 23.2 Å². The molecular formula is C20H21FN2O3. The molecule has 3 aromatic rings. The van der Waals surface area contributed by atoms with Crippen molar-refractivity contribution in [2.24, 2.45) is 0 Å². The lowest BCUT2D eigenvalue weighted by molar-refractivity contribution is -0.140. The van der Waals surface area contributed by atoms with Crippen LogP contribution in [0.25, 0.3) is 11.0 Å². The summed E-state index contributed by atoms with van der Waals surface area (Å²) < 4.78 is 25.8. The van der Waals surface area contributed by atoms with Gasteiger partial charge in [0, 0.05) is 24.5 Å². The number of ether oxygens (including phenoxy) is 2. The van der Waals surface area contributed by atoms with Gasteiger partial charge in [0.25, 0.3) is 0 Å². The first kappa shape index (κ1) is 17.9. The Bertz CT molecular complexity index is 932. The molecule has 0 fully saturated rings. The number of pyridine rings is 1. The van der Waals surface area contributed by atoms with Crippen molar-refractivity contribution in [3.63, 3.8) is 0 Å². The van der Waals surface area contributed by atoms with Crippen LogP contribution >= 0.6 is 0 Å². The second-order valence-electron chi connectivity index (χ2n) is 6.11. The second-order valence-corrected chi connectivity index (χ2v) is 6.11. The number of carbonyl (C=O) groups is 1. The molecule has 6 heteroatoms. The topological polar surface area (TPSA) is 53.4 Å². The second kappa shape index (κ2) is 7.56. The first-order valence-electron chi connectivity index (χ1n) is 8.39. The molecule has 1 aromatic carbocycles. The average molecular weight is 356 g/mol. The van der Waals surface area contributed by atoms with Crippen LogP contribution in [0.2, 0.25) is 0 Å². The van der Waals surface area contributed by atoms with E-state index >= 15 is 0 Å². The molecule has 26 heavy (non-hydrogen) atoms. The number of aromatic nitrogens is 2. The third kappa shape index (κ3) is 3.54. The summed E-state index contributed by atoms with van der Waals surface area (Å²) in [5, 5.41) is 0. The zero-order valence-corrected chi connectivity index (χ0v) is 15.1. The third-order valence-electron chi connectivity index (χ3n) is 4.53. The Kier molecular flexibility index (Phi) is 5.21. The maximum Gasteiger partial charge on any atom is 0.307 e. The molecule has 5 nitrogen and oxygen atoms in total. The molecule has 0 spiro atoms. The van der Waals surface area contributed by atoms with Crippen molar-refractivity contribution in [2.45, 2.75) is 33.4 Å². The number of rotatable bonds is 6. The van der Waals surface area contributed by atoms with Crippen LogP contribution in [0.4, 0.5) is 4.39 Å². The molecule has 2 aromatic heterocycles. The number of nitrogens with zero attached hydrogens (tertiary/aromatic N) is 2. The molecule has 136 valence electrons. The summed E-state index contributed by atoms with van der Waals surface area (Å²) in [4.78, 5) is 16.0. The van der Waals surface area contributed by atoms with E-state index in [9.17, 15) is 9.18 Å². The van der Waals surface area contributed by atoms with Crippen molar-refractivity contribution in [1.82, 2.24) is 9.55 Å². The first-order chi connectivity index (χ1) is 12.5. The van der Waals surface area contributed by atoms with Gasteiger partial charge in [-0.05, 0) is 37.1 Å². The van der Waals surface area contributed by atoms with Crippen LogP contribution in [0.3, 0.4) is 0 Å². The van der Waals surface area contributed by atoms with Gasteiger partial charge in [0.1, 0.15) is 23.7 Å². The van der Waals surface area contributed by atoms with Crippen molar-refractivity contribution in [3.05, 3.63) is 59.2 Å². The quantitative estimate of drug-likeness (QED) is 0.628. The molecule has 0 aliphatic heterocycles. The van der Waals surface area contributed by atoms with Crippen molar-refractivity contribution in [3.8, 4) is 5.75 Å². The summed E-state index contributed by atoms with van der Waals surface area (Å²) in [6.45, 7) is 4.81. The zero-order chi connectivity index (χ0) is 18.7. The molecule has 0 aliphatic carbocycles. The van der Waals surface area contributed by atoms with Crippen LogP contribution in [0.5, 0.6) is 5.75 Å². The van der Waals surface area contributed by atoms with Crippen LogP contribution in [-0.2, 0) is 22.7 Å². The van der Waals surface area contributed by atoms with Gasteiger partial charge in [-0.2, -0.15) is 0 Å². The van der Waals surface area contributed by atoms with E-state index < -0.39 is 0 Å². The summed E-state index contributed by atoms with van der Waals surface area (Å²) in [6, 6.07) is 8.02. The Morgan fingerprint density at radius 3 is 2.62 bits per heavy atom. The van der Waals surface area contributed by atoms with Crippen molar-refractivity contribution in [1.29, 1.82) is 0 Å². The Labute approximate surface area is 151 Å². The number of methoxy groups -OCH3 is 1. The number of hydrogen-bond acceptors (Lipinski definition) is 4. The fourth-order valence-corrected chi connectivity index (χ4v) is 2.96. The number of hydrogen-bond donors (Lipinski definition) is 0. The van der Waals surface area contributed by atoms with Gasteiger partial charge >= 0.3 is 5.97 Å². The normalized spacial score (nSPS) is 10.9. The lowest BCUT2D eigenvalue weighted by Gasteiger charge is -2.12. The standard InChI is InChI=1S/C20H21FN2O3/c1-13-14(2)23(11-9-18(24)25-3)20-17(8-10-22-19(13)20)26-12-15-4-6-16(21)7-5-15/h4-8,10H,9,11-12H2,1-3H3. The predicted molar refractivity (Wildman–Crippen MR) is 96.6 cm³/mol. The Morgan fingerprint density at radius 1 is 1.19 bits per heavy atom. The SMILES string of the molecule is COC(=O)CCn1c(C)c(C)c2nccc(OCc3ccc(F)cc3)c21. The Morgan fingerprint density at radius 2 is 1.92 bits per heavy atom. The number of halogens is 1. The summed E-state index contributed by atoms with van der Waals surface area (Å²) in [6.07, 6.45) is 1.98. The highest BCUT2D eigenvalue weighted by Gasteiger charge is 2.17. The molecule has 0 atom stereocenters. The molecule has 0 aliphatic rings. The fraction of sp³-hybridized carbons (Fsp3) is 0.300. The molecule has 0 radical (unpaired) electrons. The molecular weight excluding hydrogens is 335 g/mol. The van der Waals surface area contributed by atoms with E-state index in [4.69, 9.17) is 9.47 Å². The zero-order valence-electron chi connectivity index (χ0n) is 15.1. The van der Waals surface area contributed by atoms with Gasteiger partial charge in [-0.25, -0.2) is 4.39 Å². The molecule has 0 saturated carbocycles. The van der Waals surface area contributed by atoms with Crippen molar-refractivity contribution < 1.29 is 18.7 Å². The van der Waals surface area contributed by atoms with Gasteiger partial charge in [-0.15, -0.1) is 0 Å². The van der Waals surface area contributed by atoms with Gasteiger partial charge in [0.05, 0.1) is 19.0 Å². The van der Waals surface area contributed by atoms with E-state index in [2.05, 4.69) is 4.98 Å². The average Bonchev–Trinajstić information content (AvgIpc) is 2.90. The fourth-order valence-electron chi connectivity index (χ4n) is 2.96. The van der Waals surface area contributed by atoms with Crippen molar-refractivity contribution in [2.75, 3.05) is 7.11 Å². The predicted octanol–water partition coefficient (Wildman–Crippen LogP) is 3.93. The lowest BCUT2D eigenvalue weighted by Crippen LogP contribution is -2.09.